The Hall–Kier alpha value is -4.92. The number of carbonyl (C=O) groups is 3. The number of nitrogens with zero attached hydrogens (tertiary/aromatic N) is 3. The van der Waals surface area contributed by atoms with Gasteiger partial charge in [-0.15, -0.1) is 0 Å². The Labute approximate surface area is 282 Å². The van der Waals surface area contributed by atoms with E-state index in [9.17, 15) is 19.5 Å². The number of imide groups is 1. The standard InChI is InChI=1S/C39H45N3O6/c1-36(2,3)47-34(45)42(35(46)48-37(4,5)6)24-16-23-31-25-38(31,33(43)44)32-26-41(27-40-32)39(28-17-10-7-11-18-28,29-19-12-8-13-20-29)30-21-14-9-15-22-30/h7-15,17-22,26-27,31H,16,23-25H2,1-6H3,(H,43,44). The van der Waals surface area contributed by atoms with Crippen LogP contribution in [0.25, 0.3) is 0 Å². The van der Waals surface area contributed by atoms with Crippen molar-refractivity contribution >= 4 is 18.2 Å². The number of imidazole rings is 1. The van der Waals surface area contributed by atoms with Gasteiger partial charge in [0, 0.05) is 12.7 Å². The van der Waals surface area contributed by atoms with E-state index in [2.05, 4.69) is 36.4 Å². The van der Waals surface area contributed by atoms with Crippen LogP contribution in [0.4, 0.5) is 9.59 Å². The summed E-state index contributed by atoms with van der Waals surface area (Å²) in [4.78, 5) is 44.7. The molecule has 252 valence electrons. The maximum atomic E-state index is 13.0. The van der Waals surface area contributed by atoms with Crippen LogP contribution in [0.5, 0.6) is 0 Å². The van der Waals surface area contributed by atoms with Gasteiger partial charge in [-0.25, -0.2) is 19.5 Å². The maximum Gasteiger partial charge on any atom is 0.419 e. The molecule has 1 fully saturated rings. The summed E-state index contributed by atoms with van der Waals surface area (Å²) in [6.07, 6.45) is 3.24. The first-order valence-electron chi connectivity index (χ1n) is 16.4. The van der Waals surface area contributed by atoms with Crippen LogP contribution in [-0.2, 0) is 25.2 Å². The molecular formula is C39H45N3O6. The fraction of sp³-hybridized carbons (Fsp3) is 0.385. The first-order chi connectivity index (χ1) is 22.7. The molecule has 2 unspecified atom stereocenters. The molecule has 2 amide bonds. The summed E-state index contributed by atoms with van der Waals surface area (Å²) < 4.78 is 13.0. The van der Waals surface area contributed by atoms with E-state index in [4.69, 9.17) is 14.5 Å². The quantitative estimate of drug-likeness (QED) is 0.173. The number of amides is 2. The Kier molecular flexibility index (Phi) is 9.53. The summed E-state index contributed by atoms with van der Waals surface area (Å²) >= 11 is 0. The van der Waals surface area contributed by atoms with E-state index in [1.165, 1.54) is 0 Å². The molecule has 1 heterocycles. The summed E-state index contributed by atoms with van der Waals surface area (Å²) in [5.74, 6) is -1.18. The number of aliphatic carboxylic acids is 1. The van der Waals surface area contributed by atoms with E-state index in [0.717, 1.165) is 21.6 Å². The average Bonchev–Trinajstić information content (AvgIpc) is 3.56. The third-order valence-electron chi connectivity index (χ3n) is 8.65. The molecule has 48 heavy (non-hydrogen) atoms. The van der Waals surface area contributed by atoms with Crippen molar-refractivity contribution in [3.8, 4) is 0 Å². The number of benzene rings is 3. The number of carboxylic acid groups (broad SMARTS) is 1. The fourth-order valence-electron chi connectivity index (χ4n) is 6.47. The SMILES string of the molecule is CC(C)(C)OC(=O)N(CCCC1CC1(C(=O)O)c1cn(C(c2ccccc2)(c2ccccc2)c2ccccc2)cn1)C(=O)OC(C)(C)C. The molecule has 0 radical (unpaired) electrons. The maximum absolute atomic E-state index is 13.0. The average molecular weight is 652 g/mol. The van der Waals surface area contributed by atoms with Crippen LogP contribution in [0.3, 0.4) is 0 Å². The van der Waals surface area contributed by atoms with E-state index in [0.29, 0.717) is 25.0 Å². The van der Waals surface area contributed by atoms with Gasteiger partial charge < -0.3 is 19.1 Å². The summed E-state index contributed by atoms with van der Waals surface area (Å²) in [5.41, 5.74) is -0.126. The summed E-state index contributed by atoms with van der Waals surface area (Å²) in [7, 11) is 0. The van der Waals surface area contributed by atoms with E-state index in [1.54, 1.807) is 47.9 Å². The third kappa shape index (κ3) is 7.00. The van der Waals surface area contributed by atoms with Crippen LogP contribution in [0, 0.1) is 5.92 Å². The molecule has 0 aliphatic heterocycles. The Balaban J connectivity index is 1.45. The van der Waals surface area contributed by atoms with Crippen molar-refractivity contribution in [1.29, 1.82) is 0 Å². The van der Waals surface area contributed by atoms with Crippen LogP contribution in [0.2, 0.25) is 0 Å². The summed E-state index contributed by atoms with van der Waals surface area (Å²) in [6.45, 7) is 10.4. The molecule has 1 aromatic heterocycles. The monoisotopic (exact) mass is 651 g/mol. The van der Waals surface area contributed by atoms with Crippen LogP contribution in [0.1, 0.15) is 83.2 Å². The smallest absolute Gasteiger partial charge is 0.419 e. The van der Waals surface area contributed by atoms with Gasteiger partial charge in [0.1, 0.15) is 22.2 Å². The number of carboxylic acids is 1. The van der Waals surface area contributed by atoms with E-state index in [-0.39, 0.29) is 12.5 Å². The number of ether oxygens (including phenoxy) is 2. The predicted molar refractivity (Wildman–Crippen MR) is 183 cm³/mol. The highest BCUT2D eigenvalue weighted by atomic mass is 16.6. The van der Waals surface area contributed by atoms with Crippen molar-refractivity contribution in [3.63, 3.8) is 0 Å². The molecule has 1 aliphatic carbocycles. The van der Waals surface area contributed by atoms with Crippen LogP contribution >= 0.6 is 0 Å². The number of rotatable bonds is 10. The zero-order valence-electron chi connectivity index (χ0n) is 28.6. The molecule has 1 aliphatic rings. The van der Waals surface area contributed by atoms with Crippen molar-refractivity contribution in [1.82, 2.24) is 14.5 Å². The van der Waals surface area contributed by atoms with Crippen molar-refractivity contribution in [2.75, 3.05) is 6.54 Å². The molecule has 2 atom stereocenters. The minimum absolute atomic E-state index is 0.0313. The van der Waals surface area contributed by atoms with Crippen molar-refractivity contribution in [2.45, 2.75) is 83.0 Å². The van der Waals surface area contributed by atoms with Crippen molar-refractivity contribution < 1.29 is 29.0 Å². The Morgan fingerprint density at radius 2 is 1.23 bits per heavy atom. The van der Waals surface area contributed by atoms with Gasteiger partial charge in [-0.3, -0.25) is 4.79 Å². The lowest BCUT2D eigenvalue weighted by molar-refractivity contribution is -0.140. The molecule has 0 bridgehead atoms. The molecular weight excluding hydrogens is 606 g/mol. The van der Waals surface area contributed by atoms with E-state index >= 15 is 0 Å². The lowest BCUT2D eigenvalue weighted by Crippen LogP contribution is -2.44. The molecule has 1 N–H and O–H groups in total. The molecule has 0 spiro atoms. The zero-order valence-corrected chi connectivity index (χ0v) is 28.6. The van der Waals surface area contributed by atoms with Gasteiger partial charge in [-0.2, -0.15) is 0 Å². The van der Waals surface area contributed by atoms with Crippen LogP contribution in [-0.4, -0.2) is 55.5 Å². The topological polar surface area (TPSA) is 111 Å². The van der Waals surface area contributed by atoms with E-state index < -0.39 is 40.3 Å². The lowest BCUT2D eigenvalue weighted by atomic mass is 9.76. The fourth-order valence-corrected chi connectivity index (χ4v) is 6.47. The van der Waals surface area contributed by atoms with Gasteiger partial charge in [0.15, 0.2) is 0 Å². The van der Waals surface area contributed by atoms with Gasteiger partial charge in [-0.1, -0.05) is 91.0 Å². The molecule has 9 heteroatoms. The van der Waals surface area contributed by atoms with Gasteiger partial charge in [0.05, 0.1) is 12.0 Å². The zero-order chi connectivity index (χ0) is 34.7. The number of hydrogen-bond donors (Lipinski definition) is 1. The predicted octanol–water partition coefficient (Wildman–Crippen LogP) is 8.02. The normalized spacial score (nSPS) is 17.8. The second-order valence-corrected chi connectivity index (χ2v) is 14.4. The Morgan fingerprint density at radius 3 is 1.62 bits per heavy atom. The summed E-state index contributed by atoms with van der Waals surface area (Å²) in [5, 5.41) is 10.6. The van der Waals surface area contributed by atoms with Crippen molar-refractivity contribution in [3.05, 3.63) is 126 Å². The molecule has 3 aromatic carbocycles. The van der Waals surface area contributed by atoms with Gasteiger partial charge in [-0.05, 0) is 83.4 Å². The highest BCUT2D eigenvalue weighted by molar-refractivity contribution is 5.88. The Bertz CT molecular complexity index is 1600. The molecule has 1 saturated carbocycles. The molecule has 5 rings (SSSR count). The highest BCUT2D eigenvalue weighted by Gasteiger charge is 2.62. The highest BCUT2D eigenvalue weighted by Crippen LogP contribution is 2.57. The second-order valence-electron chi connectivity index (χ2n) is 14.4. The number of carbonyl (C=O) groups excluding carboxylic acids is 2. The Morgan fingerprint density at radius 1 is 0.792 bits per heavy atom. The van der Waals surface area contributed by atoms with Crippen molar-refractivity contribution in [2.24, 2.45) is 5.92 Å². The van der Waals surface area contributed by atoms with Gasteiger partial charge in [0.25, 0.3) is 0 Å². The number of aromatic nitrogens is 2. The number of hydrogen-bond acceptors (Lipinski definition) is 6. The van der Waals surface area contributed by atoms with E-state index in [1.807, 2.05) is 65.4 Å². The first kappa shape index (κ1) is 34.4. The van der Waals surface area contributed by atoms with Gasteiger partial charge in [0.2, 0.25) is 0 Å². The summed E-state index contributed by atoms with van der Waals surface area (Å²) in [6, 6.07) is 30.4. The van der Waals surface area contributed by atoms with Gasteiger partial charge >= 0.3 is 18.2 Å². The molecule has 9 nitrogen and oxygen atoms in total. The molecule has 4 aromatic rings. The second kappa shape index (κ2) is 13.3. The minimum atomic E-state index is -1.19. The third-order valence-corrected chi connectivity index (χ3v) is 8.65. The molecule has 0 saturated heterocycles. The van der Waals surface area contributed by atoms with Crippen LogP contribution in [0.15, 0.2) is 104 Å². The largest absolute Gasteiger partial charge is 0.481 e. The minimum Gasteiger partial charge on any atom is -0.481 e. The first-order valence-corrected chi connectivity index (χ1v) is 16.4. The van der Waals surface area contributed by atoms with Crippen LogP contribution < -0.4 is 0 Å². The lowest BCUT2D eigenvalue weighted by Gasteiger charge is -2.37.